The van der Waals surface area contributed by atoms with Gasteiger partial charge in [-0.2, -0.15) is 0 Å². The third-order valence-corrected chi connectivity index (χ3v) is 1.88. The van der Waals surface area contributed by atoms with E-state index in [0.717, 1.165) is 5.56 Å². The molecule has 0 heterocycles. The van der Waals surface area contributed by atoms with Crippen molar-refractivity contribution in [2.45, 2.75) is 12.5 Å². The van der Waals surface area contributed by atoms with Crippen LogP contribution in [0.1, 0.15) is 5.56 Å². The fourth-order valence-corrected chi connectivity index (χ4v) is 1.06. The van der Waals surface area contributed by atoms with Gasteiger partial charge in [-0.25, -0.2) is 4.79 Å². The zero-order chi connectivity index (χ0) is 9.84. The summed E-state index contributed by atoms with van der Waals surface area (Å²) in [4.78, 5) is 10.3. The van der Waals surface area contributed by atoms with Gasteiger partial charge in [0, 0.05) is 11.4 Å². The fourth-order valence-electron chi connectivity index (χ4n) is 0.931. The summed E-state index contributed by atoms with van der Waals surface area (Å²) in [6.07, 6.45) is -1.24. The summed E-state index contributed by atoms with van der Waals surface area (Å²) in [7, 11) is 0. The number of aliphatic carboxylic acids is 1. The highest BCUT2D eigenvalue weighted by Gasteiger charge is 2.12. The van der Waals surface area contributed by atoms with E-state index >= 15 is 0 Å². The first-order valence-corrected chi connectivity index (χ1v) is 4.12. The van der Waals surface area contributed by atoms with Crippen molar-refractivity contribution in [3.05, 3.63) is 34.9 Å². The van der Waals surface area contributed by atoms with E-state index in [9.17, 15) is 4.79 Å². The number of rotatable bonds is 3. The fraction of sp³-hybridized carbons (Fsp3) is 0.222. The number of aliphatic hydroxyl groups is 1. The first-order chi connectivity index (χ1) is 6.09. The van der Waals surface area contributed by atoms with Gasteiger partial charge in [0.15, 0.2) is 6.10 Å². The molecular weight excluding hydrogens is 192 g/mol. The van der Waals surface area contributed by atoms with E-state index in [-0.39, 0.29) is 6.42 Å². The number of aliphatic hydroxyl groups excluding tert-OH is 1. The van der Waals surface area contributed by atoms with Gasteiger partial charge in [-0.1, -0.05) is 23.7 Å². The normalized spacial score (nSPS) is 12.5. The maximum Gasteiger partial charge on any atom is 0.332 e. The maximum absolute atomic E-state index is 10.3. The van der Waals surface area contributed by atoms with Gasteiger partial charge < -0.3 is 10.2 Å². The Labute approximate surface area is 80.6 Å². The minimum absolute atomic E-state index is 0.104. The SMILES string of the molecule is O=C(O)C(O)Cc1ccc(Cl)cc1. The van der Waals surface area contributed by atoms with Crippen LogP contribution in [0.2, 0.25) is 5.02 Å². The van der Waals surface area contributed by atoms with Crippen LogP contribution in [0.15, 0.2) is 24.3 Å². The Morgan fingerprint density at radius 3 is 2.38 bits per heavy atom. The van der Waals surface area contributed by atoms with Gasteiger partial charge in [0.1, 0.15) is 0 Å². The summed E-state index contributed by atoms with van der Waals surface area (Å²) in [5, 5.41) is 18.0. The van der Waals surface area contributed by atoms with Crippen molar-refractivity contribution in [2.75, 3.05) is 0 Å². The smallest absolute Gasteiger partial charge is 0.332 e. The largest absolute Gasteiger partial charge is 0.479 e. The van der Waals surface area contributed by atoms with Crippen LogP contribution in [-0.4, -0.2) is 22.3 Å². The van der Waals surface area contributed by atoms with Crippen molar-refractivity contribution in [1.29, 1.82) is 0 Å². The molecule has 13 heavy (non-hydrogen) atoms. The molecule has 0 aliphatic rings. The van der Waals surface area contributed by atoms with Crippen LogP contribution in [0.5, 0.6) is 0 Å². The van der Waals surface area contributed by atoms with Gasteiger partial charge >= 0.3 is 5.97 Å². The number of carbonyl (C=O) groups is 1. The molecular formula is C9H9ClO3. The lowest BCUT2D eigenvalue weighted by atomic mass is 10.1. The minimum Gasteiger partial charge on any atom is -0.479 e. The monoisotopic (exact) mass is 200 g/mol. The third kappa shape index (κ3) is 3.05. The second-order valence-corrected chi connectivity index (χ2v) is 3.12. The predicted octanol–water partition coefficient (Wildman–Crippen LogP) is 1.33. The van der Waals surface area contributed by atoms with E-state index in [1.54, 1.807) is 24.3 Å². The summed E-state index contributed by atoms with van der Waals surface area (Å²) in [6, 6.07) is 6.69. The quantitative estimate of drug-likeness (QED) is 0.774. The minimum atomic E-state index is -1.35. The number of halogens is 1. The van der Waals surface area contributed by atoms with Gasteiger partial charge in [-0.3, -0.25) is 0 Å². The van der Waals surface area contributed by atoms with E-state index < -0.39 is 12.1 Å². The number of carboxylic acid groups (broad SMARTS) is 1. The summed E-state index contributed by atoms with van der Waals surface area (Å²) >= 11 is 5.63. The molecule has 0 fully saturated rings. The summed E-state index contributed by atoms with van der Waals surface area (Å²) < 4.78 is 0. The molecule has 1 aromatic carbocycles. The van der Waals surface area contributed by atoms with Crippen LogP contribution < -0.4 is 0 Å². The molecule has 70 valence electrons. The van der Waals surface area contributed by atoms with Crippen molar-refractivity contribution in [2.24, 2.45) is 0 Å². The van der Waals surface area contributed by atoms with E-state index in [1.165, 1.54) is 0 Å². The molecule has 3 nitrogen and oxygen atoms in total. The van der Waals surface area contributed by atoms with Crippen molar-refractivity contribution < 1.29 is 15.0 Å². The molecule has 0 saturated heterocycles. The van der Waals surface area contributed by atoms with Crippen LogP contribution in [0.3, 0.4) is 0 Å². The molecule has 0 bridgehead atoms. The topological polar surface area (TPSA) is 57.5 Å². The average Bonchev–Trinajstić information content (AvgIpc) is 2.08. The Morgan fingerprint density at radius 1 is 1.38 bits per heavy atom. The van der Waals surface area contributed by atoms with Crippen molar-refractivity contribution in [3.63, 3.8) is 0 Å². The number of carboxylic acids is 1. The van der Waals surface area contributed by atoms with Gasteiger partial charge in [0.2, 0.25) is 0 Å². The van der Waals surface area contributed by atoms with Crippen molar-refractivity contribution >= 4 is 17.6 Å². The summed E-state index contributed by atoms with van der Waals surface area (Å²) in [6.45, 7) is 0. The molecule has 1 atom stereocenters. The van der Waals surface area contributed by atoms with Gasteiger partial charge in [0.05, 0.1) is 0 Å². The molecule has 0 aliphatic heterocycles. The highest BCUT2D eigenvalue weighted by molar-refractivity contribution is 6.30. The number of hydrogen-bond acceptors (Lipinski definition) is 2. The number of hydrogen-bond donors (Lipinski definition) is 2. The molecule has 2 N–H and O–H groups in total. The van der Waals surface area contributed by atoms with Crippen LogP contribution >= 0.6 is 11.6 Å². The molecule has 1 rings (SSSR count). The van der Waals surface area contributed by atoms with E-state index in [1.807, 2.05) is 0 Å². The summed E-state index contributed by atoms with van der Waals surface area (Å²) in [5.74, 6) is -1.21. The lowest BCUT2D eigenvalue weighted by Gasteiger charge is -2.04. The highest BCUT2D eigenvalue weighted by atomic mass is 35.5. The lowest BCUT2D eigenvalue weighted by Crippen LogP contribution is -2.21. The Morgan fingerprint density at radius 2 is 1.92 bits per heavy atom. The number of benzene rings is 1. The van der Waals surface area contributed by atoms with Crippen LogP contribution in [0.25, 0.3) is 0 Å². The molecule has 0 aromatic heterocycles. The second-order valence-electron chi connectivity index (χ2n) is 2.68. The molecule has 0 amide bonds. The van der Waals surface area contributed by atoms with Gasteiger partial charge in [0.25, 0.3) is 0 Å². The molecule has 4 heteroatoms. The Balaban J connectivity index is 2.64. The molecule has 1 unspecified atom stereocenters. The average molecular weight is 201 g/mol. The molecule has 1 aromatic rings. The van der Waals surface area contributed by atoms with Crippen LogP contribution in [0.4, 0.5) is 0 Å². The zero-order valence-corrected chi connectivity index (χ0v) is 7.53. The molecule has 0 saturated carbocycles. The Bertz CT molecular complexity index is 294. The second kappa shape index (κ2) is 4.25. The molecule has 0 radical (unpaired) electrons. The maximum atomic E-state index is 10.3. The molecule has 0 spiro atoms. The third-order valence-electron chi connectivity index (χ3n) is 1.63. The zero-order valence-electron chi connectivity index (χ0n) is 6.77. The lowest BCUT2D eigenvalue weighted by molar-refractivity contribution is -0.146. The van der Waals surface area contributed by atoms with E-state index in [2.05, 4.69) is 0 Å². The van der Waals surface area contributed by atoms with Crippen molar-refractivity contribution in [1.82, 2.24) is 0 Å². The summed E-state index contributed by atoms with van der Waals surface area (Å²) in [5.41, 5.74) is 0.749. The van der Waals surface area contributed by atoms with Crippen LogP contribution in [-0.2, 0) is 11.2 Å². The standard InChI is InChI=1S/C9H9ClO3/c10-7-3-1-6(2-4-7)5-8(11)9(12)13/h1-4,8,11H,5H2,(H,12,13). The van der Waals surface area contributed by atoms with Gasteiger partial charge in [-0.15, -0.1) is 0 Å². The van der Waals surface area contributed by atoms with Crippen LogP contribution in [0, 0.1) is 0 Å². The first-order valence-electron chi connectivity index (χ1n) is 3.75. The Kier molecular flexibility index (Phi) is 3.28. The van der Waals surface area contributed by atoms with Gasteiger partial charge in [-0.05, 0) is 17.7 Å². The first kappa shape index (κ1) is 10.0. The van der Waals surface area contributed by atoms with E-state index in [4.69, 9.17) is 21.8 Å². The highest BCUT2D eigenvalue weighted by Crippen LogP contribution is 2.10. The van der Waals surface area contributed by atoms with Crippen molar-refractivity contribution in [3.8, 4) is 0 Å². The molecule has 0 aliphatic carbocycles. The van der Waals surface area contributed by atoms with E-state index in [0.29, 0.717) is 5.02 Å². The predicted molar refractivity (Wildman–Crippen MR) is 48.8 cm³/mol. The Hall–Kier alpha value is -1.06.